The van der Waals surface area contributed by atoms with Gasteiger partial charge in [-0.3, -0.25) is 4.79 Å². The van der Waals surface area contributed by atoms with E-state index in [2.05, 4.69) is 34.6 Å². The maximum absolute atomic E-state index is 12.2. The maximum atomic E-state index is 12.2. The van der Waals surface area contributed by atoms with Crippen LogP contribution >= 0.6 is 11.8 Å². The van der Waals surface area contributed by atoms with Crippen LogP contribution in [0.25, 0.3) is 0 Å². The van der Waals surface area contributed by atoms with Crippen LogP contribution < -0.4 is 10.1 Å². The monoisotopic (exact) mass is 396 g/mol. The van der Waals surface area contributed by atoms with Crippen LogP contribution in [0.1, 0.15) is 23.9 Å². The van der Waals surface area contributed by atoms with Gasteiger partial charge in [0.1, 0.15) is 12.4 Å². The first-order chi connectivity index (χ1) is 13.5. The fourth-order valence-corrected chi connectivity index (χ4v) is 3.35. The number of aromatic nitrogens is 3. The van der Waals surface area contributed by atoms with Gasteiger partial charge in [-0.1, -0.05) is 43.0 Å². The van der Waals surface area contributed by atoms with E-state index in [1.807, 2.05) is 54.9 Å². The highest BCUT2D eigenvalue weighted by Crippen LogP contribution is 2.18. The lowest BCUT2D eigenvalue weighted by molar-refractivity contribution is -0.113. The SMILES string of the molecule is CCc1ccc(OCc2nnc(SCC(=O)Nc3cccc(C)c3)n2C)cc1. The van der Waals surface area contributed by atoms with Gasteiger partial charge in [0.15, 0.2) is 11.0 Å². The molecule has 0 aliphatic heterocycles. The van der Waals surface area contributed by atoms with Gasteiger partial charge in [-0.25, -0.2) is 0 Å². The predicted octanol–water partition coefficient (Wildman–Crippen LogP) is 4.00. The molecule has 0 aliphatic carbocycles. The lowest BCUT2D eigenvalue weighted by Crippen LogP contribution is -2.14. The molecule has 28 heavy (non-hydrogen) atoms. The number of amides is 1. The van der Waals surface area contributed by atoms with Crippen molar-refractivity contribution in [3.8, 4) is 5.75 Å². The highest BCUT2D eigenvalue weighted by molar-refractivity contribution is 7.99. The van der Waals surface area contributed by atoms with Crippen molar-refractivity contribution in [2.24, 2.45) is 7.05 Å². The van der Waals surface area contributed by atoms with E-state index in [0.717, 1.165) is 23.4 Å². The second kappa shape index (κ2) is 9.41. The third kappa shape index (κ3) is 5.36. The Kier molecular flexibility index (Phi) is 6.71. The second-order valence-electron chi connectivity index (χ2n) is 6.45. The Hall–Kier alpha value is -2.80. The van der Waals surface area contributed by atoms with Crippen LogP contribution in [0.5, 0.6) is 5.75 Å². The van der Waals surface area contributed by atoms with Crippen LogP contribution in [-0.4, -0.2) is 26.4 Å². The van der Waals surface area contributed by atoms with E-state index >= 15 is 0 Å². The van der Waals surface area contributed by atoms with Crippen LogP contribution in [0.3, 0.4) is 0 Å². The zero-order chi connectivity index (χ0) is 19.9. The minimum atomic E-state index is -0.0765. The van der Waals surface area contributed by atoms with E-state index in [4.69, 9.17) is 4.74 Å². The van der Waals surface area contributed by atoms with Crippen molar-refractivity contribution in [3.63, 3.8) is 0 Å². The molecule has 146 valence electrons. The number of anilines is 1. The number of rotatable bonds is 8. The molecule has 1 amide bonds. The Bertz CT molecular complexity index is 938. The van der Waals surface area contributed by atoms with E-state index in [0.29, 0.717) is 17.6 Å². The molecule has 0 radical (unpaired) electrons. The van der Waals surface area contributed by atoms with Crippen LogP contribution in [-0.2, 0) is 24.9 Å². The van der Waals surface area contributed by atoms with E-state index < -0.39 is 0 Å². The van der Waals surface area contributed by atoms with E-state index in [1.54, 1.807) is 0 Å². The Morgan fingerprint density at radius 1 is 1.18 bits per heavy atom. The lowest BCUT2D eigenvalue weighted by Gasteiger charge is -2.08. The molecule has 0 spiro atoms. The Morgan fingerprint density at radius 3 is 2.68 bits per heavy atom. The molecule has 6 nitrogen and oxygen atoms in total. The normalized spacial score (nSPS) is 10.7. The summed E-state index contributed by atoms with van der Waals surface area (Å²) in [4.78, 5) is 12.2. The molecule has 0 bridgehead atoms. The van der Waals surface area contributed by atoms with Gasteiger partial charge in [-0.15, -0.1) is 10.2 Å². The van der Waals surface area contributed by atoms with Crippen LogP contribution in [0, 0.1) is 6.92 Å². The number of thioether (sulfide) groups is 1. The molecule has 3 rings (SSSR count). The van der Waals surface area contributed by atoms with Gasteiger partial charge in [-0.2, -0.15) is 0 Å². The molecule has 0 fully saturated rings. The number of ether oxygens (including phenoxy) is 1. The molecule has 0 saturated carbocycles. The van der Waals surface area contributed by atoms with Gasteiger partial charge in [0.05, 0.1) is 5.75 Å². The summed E-state index contributed by atoms with van der Waals surface area (Å²) in [7, 11) is 1.87. The fraction of sp³-hybridized carbons (Fsp3) is 0.286. The third-order valence-electron chi connectivity index (χ3n) is 4.26. The zero-order valence-electron chi connectivity index (χ0n) is 16.3. The summed E-state index contributed by atoms with van der Waals surface area (Å²) in [5, 5.41) is 11.9. The van der Waals surface area contributed by atoms with Gasteiger partial charge in [-0.05, 0) is 48.7 Å². The van der Waals surface area contributed by atoms with Crippen molar-refractivity contribution in [2.75, 3.05) is 11.1 Å². The summed E-state index contributed by atoms with van der Waals surface area (Å²) < 4.78 is 7.64. The van der Waals surface area contributed by atoms with Crippen LogP contribution in [0.2, 0.25) is 0 Å². The molecule has 3 aromatic rings. The minimum absolute atomic E-state index is 0.0765. The van der Waals surface area contributed by atoms with Crippen molar-refractivity contribution < 1.29 is 9.53 Å². The first kappa shape index (κ1) is 19.9. The zero-order valence-corrected chi connectivity index (χ0v) is 17.1. The van der Waals surface area contributed by atoms with E-state index in [1.165, 1.54) is 17.3 Å². The Labute approximate surface area is 169 Å². The first-order valence-corrected chi connectivity index (χ1v) is 10.1. The van der Waals surface area contributed by atoms with Crippen molar-refractivity contribution >= 4 is 23.4 Å². The average molecular weight is 397 g/mol. The number of hydrogen-bond acceptors (Lipinski definition) is 5. The lowest BCUT2D eigenvalue weighted by atomic mass is 10.2. The van der Waals surface area contributed by atoms with E-state index in [-0.39, 0.29) is 11.7 Å². The second-order valence-corrected chi connectivity index (χ2v) is 7.39. The highest BCUT2D eigenvalue weighted by atomic mass is 32.2. The number of hydrogen-bond donors (Lipinski definition) is 1. The first-order valence-electron chi connectivity index (χ1n) is 9.14. The Morgan fingerprint density at radius 2 is 1.96 bits per heavy atom. The molecule has 0 saturated heterocycles. The molecule has 1 aromatic heterocycles. The summed E-state index contributed by atoms with van der Waals surface area (Å²) >= 11 is 1.35. The third-order valence-corrected chi connectivity index (χ3v) is 5.28. The average Bonchev–Trinajstić information content (AvgIpc) is 3.05. The van der Waals surface area contributed by atoms with Gasteiger partial charge >= 0.3 is 0 Å². The summed E-state index contributed by atoms with van der Waals surface area (Å²) in [6, 6.07) is 15.8. The van der Waals surface area contributed by atoms with Crippen molar-refractivity contribution in [1.29, 1.82) is 0 Å². The van der Waals surface area contributed by atoms with Crippen LogP contribution in [0.15, 0.2) is 53.7 Å². The summed E-state index contributed by atoms with van der Waals surface area (Å²) in [6.07, 6.45) is 1.00. The highest BCUT2D eigenvalue weighted by Gasteiger charge is 2.12. The number of benzene rings is 2. The largest absolute Gasteiger partial charge is 0.486 e. The van der Waals surface area contributed by atoms with Crippen molar-refractivity contribution in [3.05, 3.63) is 65.5 Å². The molecule has 1 N–H and O–H groups in total. The topological polar surface area (TPSA) is 69.0 Å². The summed E-state index contributed by atoms with van der Waals surface area (Å²) in [5.41, 5.74) is 3.17. The molecular formula is C21H24N4O2S. The Balaban J connectivity index is 1.51. The molecule has 2 aromatic carbocycles. The number of nitrogens with zero attached hydrogens (tertiary/aromatic N) is 3. The number of carbonyl (C=O) groups excluding carboxylic acids is 1. The predicted molar refractivity (Wildman–Crippen MR) is 112 cm³/mol. The molecule has 7 heteroatoms. The smallest absolute Gasteiger partial charge is 0.234 e. The molecular weight excluding hydrogens is 372 g/mol. The quantitative estimate of drug-likeness (QED) is 0.583. The van der Waals surface area contributed by atoms with Crippen LogP contribution in [0.4, 0.5) is 5.69 Å². The van der Waals surface area contributed by atoms with Gasteiger partial charge in [0, 0.05) is 12.7 Å². The van der Waals surface area contributed by atoms with Gasteiger partial charge in [0.2, 0.25) is 5.91 Å². The van der Waals surface area contributed by atoms with Gasteiger partial charge < -0.3 is 14.6 Å². The molecule has 0 unspecified atom stereocenters. The van der Waals surface area contributed by atoms with Crippen molar-refractivity contribution in [2.45, 2.75) is 32.0 Å². The molecule has 0 aliphatic rings. The maximum Gasteiger partial charge on any atom is 0.234 e. The number of nitrogens with one attached hydrogen (secondary N) is 1. The van der Waals surface area contributed by atoms with Gasteiger partial charge in [0.25, 0.3) is 0 Å². The summed E-state index contributed by atoms with van der Waals surface area (Å²) in [5.74, 6) is 1.69. The molecule has 1 heterocycles. The minimum Gasteiger partial charge on any atom is -0.486 e. The molecule has 0 atom stereocenters. The van der Waals surface area contributed by atoms with E-state index in [9.17, 15) is 4.79 Å². The standard InChI is InChI=1S/C21H24N4O2S/c1-4-16-8-10-18(11-9-16)27-13-19-23-24-21(25(19)3)28-14-20(26)22-17-7-5-6-15(2)12-17/h5-12H,4,13-14H2,1-3H3,(H,22,26). The number of carbonyl (C=O) groups is 1. The van der Waals surface area contributed by atoms with Crippen molar-refractivity contribution in [1.82, 2.24) is 14.8 Å². The fourth-order valence-electron chi connectivity index (χ4n) is 2.62. The number of aryl methyl sites for hydroxylation is 2. The summed E-state index contributed by atoms with van der Waals surface area (Å²) in [6.45, 7) is 4.44.